The van der Waals surface area contributed by atoms with Gasteiger partial charge in [-0.3, -0.25) is 19.7 Å². The molecule has 0 unspecified atom stereocenters. The summed E-state index contributed by atoms with van der Waals surface area (Å²) >= 11 is 0. The van der Waals surface area contributed by atoms with Crippen molar-refractivity contribution in [1.29, 1.82) is 0 Å². The average Bonchev–Trinajstić information content (AvgIpc) is 3.07. The van der Waals surface area contributed by atoms with Crippen LogP contribution in [0.3, 0.4) is 0 Å². The number of carbonyl (C=O) groups is 2. The highest BCUT2D eigenvalue weighted by Gasteiger charge is 2.26. The number of hydrogen-bond acceptors (Lipinski definition) is 5. The molecule has 1 aromatic rings. The number of nitrogens with zero attached hydrogens (tertiary/aromatic N) is 3. The van der Waals surface area contributed by atoms with Crippen LogP contribution in [0.25, 0.3) is 0 Å². The number of anilines is 1. The normalized spacial score (nSPS) is 14.0. The standard InChI is InChI=1S/C17H23N3O5/c1-12(2)19(10-7-16(21)22)17(23)13-5-6-14(15(11-13)20(24)25)18-8-3-4-9-18/h5-6,11-12H,3-4,7-10H2,1-2H3,(H,21,22). The van der Waals surface area contributed by atoms with E-state index in [-0.39, 0.29) is 30.3 Å². The highest BCUT2D eigenvalue weighted by Crippen LogP contribution is 2.32. The smallest absolute Gasteiger partial charge is 0.305 e. The van der Waals surface area contributed by atoms with E-state index in [1.807, 2.05) is 4.90 Å². The first-order valence-corrected chi connectivity index (χ1v) is 8.37. The van der Waals surface area contributed by atoms with Crippen LogP contribution in [0.2, 0.25) is 0 Å². The van der Waals surface area contributed by atoms with Gasteiger partial charge < -0.3 is 14.9 Å². The van der Waals surface area contributed by atoms with Gasteiger partial charge in [-0.15, -0.1) is 0 Å². The number of nitro benzene ring substituents is 1. The largest absolute Gasteiger partial charge is 0.481 e. The zero-order chi connectivity index (χ0) is 18.6. The quantitative estimate of drug-likeness (QED) is 0.599. The second-order valence-corrected chi connectivity index (χ2v) is 6.39. The van der Waals surface area contributed by atoms with Gasteiger partial charge in [0.2, 0.25) is 0 Å². The molecule has 1 aliphatic rings. The Hall–Kier alpha value is -2.64. The van der Waals surface area contributed by atoms with Crippen LogP contribution in [0.1, 0.15) is 43.5 Å². The summed E-state index contributed by atoms with van der Waals surface area (Å²) in [6.45, 7) is 5.17. The second-order valence-electron chi connectivity index (χ2n) is 6.39. The van der Waals surface area contributed by atoms with E-state index in [0.717, 1.165) is 25.9 Å². The molecule has 0 saturated carbocycles. The molecule has 1 fully saturated rings. The Kier molecular flexibility index (Phi) is 5.95. The minimum absolute atomic E-state index is 0.0630. The van der Waals surface area contributed by atoms with Crippen LogP contribution < -0.4 is 4.90 Å². The predicted octanol–water partition coefficient (Wildman–Crippen LogP) is 2.52. The number of carboxylic acid groups (broad SMARTS) is 1. The van der Waals surface area contributed by atoms with Gasteiger partial charge in [-0.2, -0.15) is 0 Å². The summed E-state index contributed by atoms with van der Waals surface area (Å²) in [7, 11) is 0. The highest BCUT2D eigenvalue weighted by molar-refractivity contribution is 5.96. The fourth-order valence-electron chi connectivity index (χ4n) is 3.00. The topological polar surface area (TPSA) is 104 Å². The van der Waals surface area contributed by atoms with Gasteiger partial charge in [0.25, 0.3) is 11.6 Å². The van der Waals surface area contributed by atoms with Gasteiger partial charge in [-0.25, -0.2) is 0 Å². The van der Waals surface area contributed by atoms with Crippen molar-refractivity contribution < 1.29 is 19.6 Å². The van der Waals surface area contributed by atoms with E-state index in [0.29, 0.717) is 5.69 Å². The van der Waals surface area contributed by atoms with E-state index in [1.54, 1.807) is 26.0 Å². The Morgan fingerprint density at radius 3 is 2.48 bits per heavy atom. The molecule has 1 heterocycles. The van der Waals surface area contributed by atoms with Crippen molar-refractivity contribution >= 4 is 23.3 Å². The third-order valence-corrected chi connectivity index (χ3v) is 4.32. The van der Waals surface area contributed by atoms with Gasteiger partial charge in [0.1, 0.15) is 5.69 Å². The zero-order valence-corrected chi connectivity index (χ0v) is 14.5. The Labute approximate surface area is 146 Å². The summed E-state index contributed by atoms with van der Waals surface area (Å²) in [4.78, 5) is 37.8. The maximum atomic E-state index is 12.7. The number of aliphatic carboxylic acids is 1. The van der Waals surface area contributed by atoms with Gasteiger partial charge in [0.15, 0.2) is 0 Å². The molecular weight excluding hydrogens is 326 g/mol. The number of hydrogen-bond donors (Lipinski definition) is 1. The third kappa shape index (κ3) is 4.46. The van der Waals surface area contributed by atoms with Crippen LogP contribution in [0.15, 0.2) is 18.2 Å². The molecular formula is C17H23N3O5. The molecule has 1 amide bonds. The van der Waals surface area contributed by atoms with Crippen molar-refractivity contribution in [2.24, 2.45) is 0 Å². The van der Waals surface area contributed by atoms with Gasteiger partial charge in [-0.1, -0.05) is 0 Å². The van der Waals surface area contributed by atoms with Crippen molar-refractivity contribution in [3.05, 3.63) is 33.9 Å². The van der Waals surface area contributed by atoms with Crippen LogP contribution >= 0.6 is 0 Å². The first kappa shape index (κ1) is 18.7. The van der Waals surface area contributed by atoms with E-state index < -0.39 is 16.8 Å². The van der Waals surface area contributed by atoms with E-state index in [9.17, 15) is 19.7 Å². The van der Waals surface area contributed by atoms with Gasteiger partial charge in [0.05, 0.1) is 11.3 Å². The van der Waals surface area contributed by atoms with Crippen molar-refractivity contribution in [3.8, 4) is 0 Å². The zero-order valence-electron chi connectivity index (χ0n) is 14.5. The summed E-state index contributed by atoms with van der Waals surface area (Å²) in [6, 6.07) is 4.29. The van der Waals surface area contributed by atoms with Crippen molar-refractivity contribution in [2.75, 3.05) is 24.5 Å². The number of carboxylic acids is 1. The Balaban J connectivity index is 2.30. The lowest BCUT2D eigenvalue weighted by molar-refractivity contribution is -0.384. The second kappa shape index (κ2) is 7.96. The van der Waals surface area contributed by atoms with E-state index >= 15 is 0 Å². The molecule has 0 atom stereocenters. The maximum Gasteiger partial charge on any atom is 0.305 e. The summed E-state index contributed by atoms with van der Waals surface area (Å²) in [5.41, 5.74) is 0.643. The maximum absolute atomic E-state index is 12.7. The molecule has 0 aromatic heterocycles. The summed E-state index contributed by atoms with van der Waals surface area (Å²) in [5, 5.41) is 20.3. The summed E-state index contributed by atoms with van der Waals surface area (Å²) in [5.74, 6) is -1.39. The lowest BCUT2D eigenvalue weighted by Crippen LogP contribution is -2.38. The predicted molar refractivity (Wildman–Crippen MR) is 93.0 cm³/mol. The van der Waals surface area contributed by atoms with Gasteiger partial charge in [-0.05, 0) is 38.8 Å². The van der Waals surface area contributed by atoms with E-state index in [4.69, 9.17) is 5.11 Å². The molecule has 2 rings (SSSR count). The average molecular weight is 349 g/mol. The fourth-order valence-corrected chi connectivity index (χ4v) is 3.00. The highest BCUT2D eigenvalue weighted by atomic mass is 16.6. The SMILES string of the molecule is CC(C)N(CCC(=O)O)C(=O)c1ccc(N2CCCC2)c([N+](=O)[O-])c1. The van der Waals surface area contributed by atoms with Crippen LogP contribution in [-0.2, 0) is 4.79 Å². The third-order valence-electron chi connectivity index (χ3n) is 4.32. The van der Waals surface area contributed by atoms with Gasteiger partial charge in [0, 0.05) is 37.3 Å². The monoisotopic (exact) mass is 349 g/mol. The molecule has 1 aromatic carbocycles. The number of amides is 1. The molecule has 1 saturated heterocycles. The van der Waals surface area contributed by atoms with Crippen LogP contribution in [0.5, 0.6) is 0 Å². The minimum atomic E-state index is -0.992. The van der Waals surface area contributed by atoms with Crippen LogP contribution in [-0.4, -0.2) is 52.5 Å². The molecule has 25 heavy (non-hydrogen) atoms. The summed E-state index contributed by atoms with van der Waals surface area (Å²) < 4.78 is 0. The molecule has 136 valence electrons. The fraction of sp³-hybridized carbons (Fsp3) is 0.529. The van der Waals surface area contributed by atoms with Gasteiger partial charge >= 0.3 is 5.97 Å². The molecule has 0 bridgehead atoms. The molecule has 1 aliphatic heterocycles. The molecule has 8 nitrogen and oxygen atoms in total. The molecule has 0 aliphatic carbocycles. The Bertz CT molecular complexity index is 668. The lowest BCUT2D eigenvalue weighted by atomic mass is 10.1. The number of rotatable bonds is 7. The first-order chi connectivity index (χ1) is 11.8. The molecule has 1 N–H and O–H groups in total. The van der Waals surface area contributed by atoms with Crippen LogP contribution in [0, 0.1) is 10.1 Å². The first-order valence-electron chi connectivity index (χ1n) is 8.37. The Morgan fingerprint density at radius 2 is 1.96 bits per heavy atom. The number of nitro groups is 1. The summed E-state index contributed by atoms with van der Waals surface area (Å²) in [6.07, 6.45) is 1.82. The van der Waals surface area contributed by atoms with E-state index in [1.165, 1.54) is 11.0 Å². The number of benzene rings is 1. The molecule has 0 radical (unpaired) electrons. The van der Waals surface area contributed by atoms with Crippen molar-refractivity contribution in [3.63, 3.8) is 0 Å². The van der Waals surface area contributed by atoms with Crippen LogP contribution in [0.4, 0.5) is 11.4 Å². The Morgan fingerprint density at radius 1 is 1.32 bits per heavy atom. The minimum Gasteiger partial charge on any atom is -0.481 e. The molecule has 0 spiro atoms. The van der Waals surface area contributed by atoms with E-state index in [2.05, 4.69) is 0 Å². The van der Waals surface area contributed by atoms with Crippen molar-refractivity contribution in [1.82, 2.24) is 4.90 Å². The number of carbonyl (C=O) groups excluding carboxylic acids is 1. The molecule has 8 heteroatoms. The lowest BCUT2D eigenvalue weighted by Gasteiger charge is -2.26. The van der Waals surface area contributed by atoms with Crippen molar-refractivity contribution in [2.45, 2.75) is 39.2 Å².